The highest BCUT2D eigenvalue weighted by molar-refractivity contribution is 5.09. The maximum absolute atomic E-state index is 9.09. The Labute approximate surface area is 59.9 Å². The Morgan fingerprint density at radius 2 is 2.30 bits per heavy atom. The smallest absolute Gasteiger partial charge is 0.149 e. The van der Waals surface area contributed by atoms with Crippen LogP contribution in [-0.2, 0) is 0 Å². The lowest BCUT2D eigenvalue weighted by Crippen LogP contribution is -2.37. The van der Waals surface area contributed by atoms with E-state index in [9.17, 15) is 0 Å². The van der Waals surface area contributed by atoms with Crippen molar-refractivity contribution in [1.29, 1.82) is 5.26 Å². The predicted molar refractivity (Wildman–Crippen MR) is 35.7 cm³/mol. The summed E-state index contributed by atoms with van der Waals surface area (Å²) in [6.07, 6.45) is 3.55. The summed E-state index contributed by atoms with van der Waals surface area (Å²) in [7, 11) is 0. The monoisotopic (exact) mass is 139 g/mol. The van der Waals surface area contributed by atoms with Gasteiger partial charge in [-0.3, -0.25) is 0 Å². The molecule has 0 unspecified atom stereocenters. The van der Waals surface area contributed by atoms with E-state index in [1.807, 2.05) is 5.92 Å². The molecule has 0 saturated heterocycles. The number of aliphatic hydroxyl groups excluding tert-OH is 1. The average Bonchev–Trinajstić information content (AvgIpc) is 1.89. The molecule has 0 aromatic rings. The zero-order valence-electron chi connectivity index (χ0n) is 5.70. The molecule has 0 aliphatic carbocycles. The average molecular weight is 139 g/mol. The molecule has 2 atom stereocenters. The van der Waals surface area contributed by atoms with Crippen LogP contribution in [0.4, 0.5) is 0 Å². The highest BCUT2D eigenvalue weighted by Crippen LogP contribution is 2.10. The van der Waals surface area contributed by atoms with Gasteiger partial charge in [0.1, 0.15) is 11.7 Å². The van der Waals surface area contributed by atoms with E-state index in [1.165, 1.54) is 6.92 Å². The van der Waals surface area contributed by atoms with Gasteiger partial charge in [-0.05, 0) is 6.92 Å². The molecule has 0 amide bonds. The number of hydrogen-bond acceptors (Lipinski definition) is 3. The van der Waals surface area contributed by atoms with E-state index in [4.69, 9.17) is 21.9 Å². The predicted octanol–water partition coefficient (Wildman–Crippen LogP) is -0.355. The Bertz CT molecular complexity index is 185. The SMILES string of the molecule is C#C[C@](C)(O)[C@H](O)CC#N. The van der Waals surface area contributed by atoms with Gasteiger partial charge in [-0.15, -0.1) is 6.42 Å². The molecule has 3 nitrogen and oxygen atoms in total. The standard InChI is InChI=1S/C7H9NO2/c1-3-7(2,10)6(9)4-5-8/h1,6,9-10H,4H2,2H3/t6-,7+/m1/s1. The lowest BCUT2D eigenvalue weighted by atomic mass is 9.98. The first kappa shape index (κ1) is 8.97. The van der Waals surface area contributed by atoms with Crippen LogP contribution in [0.25, 0.3) is 0 Å². The van der Waals surface area contributed by atoms with Gasteiger partial charge < -0.3 is 10.2 Å². The first-order valence-electron chi connectivity index (χ1n) is 2.79. The number of hydrogen-bond donors (Lipinski definition) is 2. The van der Waals surface area contributed by atoms with Gasteiger partial charge in [-0.25, -0.2) is 0 Å². The van der Waals surface area contributed by atoms with Crippen molar-refractivity contribution in [2.75, 3.05) is 0 Å². The summed E-state index contributed by atoms with van der Waals surface area (Å²) in [5.74, 6) is 1.98. The van der Waals surface area contributed by atoms with Crippen molar-refractivity contribution < 1.29 is 10.2 Å². The second-order valence-electron chi connectivity index (χ2n) is 2.17. The molecule has 2 N–H and O–H groups in total. The molecule has 3 heteroatoms. The van der Waals surface area contributed by atoms with Crippen molar-refractivity contribution >= 4 is 0 Å². The van der Waals surface area contributed by atoms with Crippen LogP contribution in [0.3, 0.4) is 0 Å². The van der Waals surface area contributed by atoms with E-state index in [2.05, 4.69) is 0 Å². The van der Waals surface area contributed by atoms with Crippen LogP contribution in [0.2, 0.25) is 0 Å². The van der Waals surface area contributed by atoms with E-state index in [1.54, 1.807) is 6.07 Å². The third kappa shape index (κ3) is 2.06. The topological polar surface area (TPSA) is 64.2 Å². The van der Waals surface area contributed by atoms with Crippen molar-refractivity contribution in [2.24, 2.45) is 0 Å². The largest absolute Gasteiger partial charge is 0.388 e. The molecule has 54 valence electrons. The minimum atomic E-state index is -1.59. The van der Waals surface area contributed by atoms with Crippen molar-refractivity contribution in [3.05, 3.63) is 0 Å². The second-order valence-corrected chi connectivity index (χ2v) is 2.17. The quantitative estimate of drug-likeness (QED) is 0.514. The lowest BCUT2D eigenvalue weighted by Gasteiger charge is -2.20. The molecular weight excluding hydrogens is 130 g/mol. The molecule has 0 bridgehead atoms. The fourth-order valence-corrected chi connectivity index (χ4v) is 0.381. The number of terminal acetylenes is 1. The number of nitrogens with zero attached hydrogens (tertiary/aromatic N) is 1. The zero-order chi connectivity index (χ0) is 8.20. The van der Waals surface area contributed by atoms with Crippen LogP contribution in [0.15, 0.2) is 0 Å². The van der Waals surface area contributed by atoms with E-state index in [-0.39, 0.29) is 6.42 Å². The minimum Gasteiger partial charge on any atom is -0.388 e. The van der Waals surface area contributed by atoms with Gasteiger partial charge in [0.05, 0.1) is 12.5 Å². The number of nitriles is 1. The van der Waals surface area contributed by atoms with Gasteiger partial charge in [0.25, 0.3) is 0 Å². The van der Waals surface area contributed by atoms with Gasteiger partial charge in [-0.2, -0.15) is 5.26 Å². The van der Waals surface area contributed by atoms with Crippen LogP contribution in [0.1, 0.15) is 13.3 Å². The number of rotatable bonds is 2. The van der Waals surface area contributed by atoms with Crippen LogP contribution >= 0.6 is 0 Å². The van der Waals surface area contributed by atoms with Crippen LogP contribution in [-0.4, -0.2) is 21.9 Å². The Balaban J connectivity index is 4.10. The summed E-state index contributed by atoms with van der Waals surface area (Å²) < 4.78 is 0. The summed E-state index contributed by atoms with van der Waals surface area (Å²) in [4.78, 5) is 0. The molecule has 0 aromatic heterocycles. The summed E-state index contributed by atoms with van der Waals surface area (Å²) >= 11 is 0. The summed E-state index contributed by atoms with van der Waals surface area (Å²) in [5.41, 5.74) is -1.59. The summed E-state index contributed by atoms with van der Waals surface area (Å²) in [6, 6.07) is 1.70. The first-order valence-corrected chi connectivity index (χ1v) is 2.79. The zero-order valence-corrected chi connectivity index (χ0v) is 5.70. The third-order valence-corrected chi connectivity index (χ3v) is 1.23. The molecule has 0 fully saturated rings. The van der Waals surface area contributed by atoms with Crippen molar-refractivity contribution in [1.82, 2.24) is 0 Å². The fraction of sp³-hybridized carbons (Fsp3) is 0.571. The maximum Gasteiger partial charge on any atom is 0.149 e. The Hall–Kier alpha value is -1.03. The molecule has 0 radical (unpaired) electrons. The normalized spacial score (nSPS) is 18.1. The minimum absolute atomic E-state index is 0.156. The van der Waals surface area contributed by atoms with Crippen molar-refractivity contribution in [3.8, 4) is 18.4 Å². The van der Waals surface area contributed by atoms with Gasteiger partial charge in [-0.1, -0.05) is 5.92 Å². The highest BCUT2D eigenvalue weighted by atomic mass is 16.3. The van der Waals surface area contributed by atoms with Crippen molar-refractivity contribution in [3.63, 3.8) is 0 Å². The van der Waals surface area contributed by atoms with E-state index < -0.39 is 11.7 Å². The van der Waals surface area contributed by atoms with E-state index >= 15 is 0 Å². The lowest BCUT2D eigenvalue weighted by molar-refractivity contribution is -0.0157. The summed E-state index contributed by atoms with van der Waals surface area (Å²) in [5, 5.41) is 26.2. The second kappa shape index (κ2) is 3.22. The van der Waals surface area contributed by atoms with Crippen LogP contribution < -0.4 is 0 Å². The molecule has 0 saturated carbocycles. The molecule has 0 aromatic carbocycles. The summed E-state index contributed by atoms with van der Waals surface area (Å²) in [6.45, 7) is 1.29. The molecule has 0 aliphatic rings. The van der Waals surface area contributed by atoms with Gasteiger partial charge in [0, 0.05) is 0 Å². The molecular formula is C7H9NO2. The Morgan fingerprint density at radius 3 is 2.60 bits per heavy atom. The van der Waals surface area contributed by atoms with Gasteiger partial charge in [0.2, 0.25) is 0 Å². The first-order chi connectivity index (χ1) is 4.54. The van der Waals surface area contributed by atoms with Crippen molar-refractivity contribution in [2.45, 2.75) is 25.0 Å². The third-order valence-electron chi connectivity index (χ3n) is 1.23. The van der Waals surface area contributed by atoms with Crippen LogP contribution in [0.5, 0.6) is 0 Å². The molecule has 0 spiro atoms. The van der Waals surface area contributed by atoms with Gasteiger partial charge in [0.15, 0.2) is 0 Å². The Morgan fingerprint density at radius 1 is 1.80 bits per heavy atom. The molecule has 10 heavy (non-hydrogen) atoms. The molecule has 0 rings (SSSR count). The Kier molecular flexibility index (Phi) is 2.89. The fourth-order valence-electron chi connectivity index (χ4n) is 0.381. The number of aliphatic hydroxyl groups is 2. The van der Waals surface area contributed by atoms with Gasteiger partial charge >= 0.3 is 0 Å². The van der Waals surface area contributed by atoms with E-state index in [0.29, 0.717) is 0 Å². The van der Waals surface area contributed by atoms with Crippen LogP contribution in [0, 0.1) is 23.7 Å². The molecule has 0 aliphatic heterocycles. The molecule has 0 heterocycles. The van der Waals surface area contributed by atoms with E-state index in [0.717, 1.165) is 0 Å². The highest BCUT2D eigenvalue weighted by Gasteiger charge is 2.26. The maximum atomic E-state index is 9.09.